The normalized spacial score (nSPS) is 10.1. The van der Waals surface area contributed by atoms with Crippen LogP contribution in [-0.4, -0.2) is 16.1 Å². The molecule has 0 saturated heterocycles. The van der Waals surface area contributed by atoms with Crippen molar-refractivity contribution in [1.82, 2.24) is 15.5 Å². The van der Waals surface area contributed by atoms with Gasteiger partial charge in [0.2, 0.25) is 10.1 Å². The van der Waals surface area contributed by atoms with E-state index in [0.29, 0.717) is 12.3 Å². The van der Waals surface area contributed by atoms with E-state index in [0.717, 1.165) is 11.3 Å². The summed E-state index contributed by atoms with van der Waals surface area (Å²) in [6.07, 6.45) is 1.55. The average Bonchev–Trinajstić information content (AvgIpc) is 2.84. The van der Waals surface area contributed by atoms with Crippen molar-refractivity contribution < 1.29 is 9.21 Å². The molecule has 0 aliphatic carbocycles. The number of furan rings is 1. The summed E-state index contributed by atoms with van der Waals surface area (Å²) in [6, 6.07) is 3.53. The molecule has 2 aromatic rings. The number of nitrogens with two attached hydrogens (primary N) is 1. The molecule has 15 heavy (non-hydrogen) atoms. The van der Waals surface area contributed by atoms with Crippen molar-refractivity contribution in [2.45, 2.75) is 6.54 Å². The maximum atomic E-state index is 11.5. The first-order valence-corrected chi connectivity index (χ1v) is 4.97. The summed E-state index contributed by atoms with van der Waals surface area (Å²) in [5.41, 5.74) is 5.35. The van der Waals surface area contributed by atoms with Crippen LogP contribution in [0.5, 0.6) is 0 Å². The maximum absolute atomic E-state index is 11.5. The first kappa shape index (κ1) is 9.66. The molecular weight excluding hydrogens is 216 g/mol. The van der Waals surface area contributed by atoms with Crippen LogP contribution in [0.1, 0.15) is 15.6 Å². The Kier molecular flexibility index (Phi) is 2.64. The molecule has 2 heterocycles. The van der Waals surface area contributed by atoms with Gasteiger partial charge in [-0.3, -0.25) is 4.79 Å². The largest absolute Gasteiger partial charge is 0.467 e. The monoisotopic (exact) mass is 224 g/mol. The first-order valence-electron chi connectivity index (χ1n) is 4.15. The highest BCUT2D eigenvalue weighted by atomic mass is 32.1. The zero-order valence-corrected chi connectivity index (χ0v) is 8.45. The quantitative estimate of drug-likeness (QED) is 0.798. The van der Waals surface area contributed by atoms with Gasteiger partial charge in [-0.2, -0.15) is 0 Å². The lowest BCUT2D eigenvalue weighted by atomic mass is 10.4. The molecule has 0 fully saturated rings. The number of amides is 1. The molecular formula is C8H8N4O2S. The highest BCUT2D eigenvalue weighted by Gasteiger charge is 2.11. The fourth-order valence-corrected chi connectivity index (χ4v) is 1.51. The zero-order valence-electron chi connectivity index (χ0n) is 7.64. The van der Waals surface area contributed by atoms with Crippen LogP contribution in [-0.2, 0) is 6.54 Å². The molecule has 0 aliphatic heterocycles. The van der Waals surface area contributed by atoms with Crippen molar-refractivity contribution in [1.29, 1.82) is 0 Å². The molecule has 0 unspecified atom stereocenters. The molecule has 1 amide bonds. The van der Waals surface area contributed by atoms with Gasteiger partial charge in [0.05, 0.1) is 12.8 Å². The van der Waals surface area contributed by atoms with Crippen molar-refractivity contribution in [3.63, 3.8) is 0 Å². The summed E-state index contributed by atoms with van der Waals surface area (Å²) in [5, 5.41) is 10.3. The van der Waals surface area contributed by atoms with Crippen molar-refractivity contribution in [2.75, 3.05) is 5.73 Å². The van der Waals surface area contributed by atoms with Crippen LogP contribution in [0.2, 0.25) is 0 Å². The second-order valence-corrected chi connectivity index (χ2v) is 3.72. The van der Waals surface area contributed by atoms with Crippen LogP contribution >= 0.6 is 11.3 Å². The molecule has 0 aliphatic rings. The van der Waals surface area contributed by atoms with E-state index in [4.69, 9.17) is 10.2 Å². The van der Waals surface area contributed by atoms with E-state index in [1.807, 2.05) is 0 Å². The Morgan fingerprint density at radius 2 is 2.47 bits per heavy atom. The molecule has 0 aromatic carbocycles. The summed E-state index contributed by atoms with van der Waals surface area (Å²) >= 11 is 1.05. The van der Waals surface area contributed by atoms with Gasteiger partial charge in [0.25, 0.3) is 5.91 Å². The third-order valence-electron chi connectivity index (χ3n) is 1.64. The van der Waals surface area contributed by atoms with Crippen molar-refractivity contribution in [3.05, 3.63) is 29.2 Å². The minimum absolute atomic E-state index is 0.249. The van der Waals surface area contributed by atoms with Crippen LogP contribution in [0.15, 0.2) is 22.8 Å². The zero-order chi connectivity index (χ0) is 10.7. The molecule has 7 heteroatoms. The summed E-state index contributed by atoms with van der Waals surface area (Å²) in [4.78, 5) is 11.5. The molecule has 0 radical (unpaired) electrons. The molecule has 0 bridgehead atoms. The van der Waals surface area contributed by atoms with E-state index >= 15 is 0 Å². The lowest BCUT2D eigenvalue weighted by molar-refractivity contribution is 0.0947. The van der Waals surface area contributed by atoms with E-state index in [2.05, 4.69) is 15.5 Å². The molecule has 6 nitrogen and oxygen atoms in total. The van der Waals surface area contributed by atoms with E-state index in [9.17, 15) is 4.79 Å². The van der Waals surface area contributed by atoms with Crippen molar-refractivity contribution in [2.24, 2.45) is 0 Å². The van der Waals surface area contributed by atoms with E-state index in [1.165, 1.54) is 0 Å². The number of anilines is 1. The Labute approximate surface area is 89.1 Å². The van der Waals surface area contributed by atoms with Gasteiger partial charge in [-0.25, -0.2) is 0 Å². The van der Waals surface area contributed by atoms with Crippen LogP contribution in [0, 0.1) is 0 Å². The molecule has 0 atom stereocenters. The first-order chi connectivity index (χ1) is 7.25. The SMILES string of the molecule is Nc1nnc(C(=O)NCc2ccco2)s1. The molecule has 0 saturated carbocycles. The third kappa shape index (κ3) is 2.32. The van der Waals surface area contributed by atoms with Gasteiger partial charge < -0.3 is 15.5 Å². The highest BCUT2D eigenvalue weighted by Crippen LogP contribution is 2.10. The van der Waals surface area contributed by atoms with Crippen LogP contribution < -0.4 is 11.1 Å². The minimum Gasteiger partial charge on any atom is -0.467 e. The predicted molar refractivity (Wildman–Crippen MR) is 54.2 cm³/mol. The topological polar surface area (TPSA) is 94.0 Å². The number of nitrogens with one attached hydrogen (secondary N) is 1. The van der Waals surface area contributed by atoms with Crippen LogP contribution in [0.25, 0.3) is 0 Å². The fraction of sp³-hybridized carbons (Fsp3) is 0.125. The number of hydrogen-bond acceptors (Lipinski definition) is 6. The minimum atomic E-state index is -0.305. The van der Waals surface area contributed by atoms with Gasteiger partial charge >= 0.3 is 0 Å². The average molecular weight is 224 g/mol. The number of hydrogen-bond donors (Lipinski definition) is 2. The molecule has 78 valence electrons. The third-order valence-corrected chi connectivity index (χ3v) is 2.39. The molecule has 3 N–H and O–H groups in total. The van der Waals surface area contributed by atoms with E-state index < -0.39 is 0 Å². The number of carbonyl (C=O) groups excluding carboxylic acids is 1. The van der Waals surface area contributed by atoms with Crippen LogP contribution in [0.3, 0.4) is 0 Å². The summed E-state index contributed by atoms with van der Waals surface area (Å²) in [5.74, 6) is 0.376. The second kappa shape index (κ2) is 4.09. The lowest BCUT2D eigenvalue weighted by Crippen LogP contribution is -2.22. The van der Waals surface area contributed by atoms with E-state index in [-0.39, 0.29) is 16.0 Å². The Bertz CT molecular complexity index is 451. The van der Waals surface area contributed by atoms with Crippen LogP contribution in [0.4, 0.5) is 5.13 Å². The molecule has 2 rings (SSSR count). The number of nitrogen functional groups attached to an aromatic ring is 1. The number of carbonyl (C=O) groups is 1. The molecule has 2 aromatic heterocycles. The Hall–Kier alpha value is -1.89. The van der Waals surface area contributed by atoms with Gasteiger partial charge in [-0.05, 0) is 12.1 Å². The maximum Gasteiger partial charge on any atom is 0.282 e. The standard InChI is InChI=1S/C8H8N4O2S/c9-8-12-11-7(15-8)6(13)10-4-5-2-1-3-14-5/h1-3H,4H2,(H2,9,12)(H,10,13). The summed E-state index contributed by atoms with van der Waals surface area (Å²) < 4.78 is 5.05. The second-order valence-electron chi connectivity index (χ2n) is 2.71. The molecule has 0 spiro atoms. The van der Waals surface area contributed by atoms with Crippen molar-refractivity contribution >= 4 is 22.4 Å². The van der Waals surface area contributed by atoms with Gasteiger partial charge in [0, 0.05) is 0 Å². The Morgan fingerprint density at radius 3 is 3.07 bits per heavy atom. The van der Waals surface area contributed by atoms with Gasteiger partial charge in [-0.1, -0.05) is 11.3 Å². The number of aromatic nitrogens is 2. The lowest BCUT2D eigenvalue weighted by Gasteiger charge is -1.98. The Balaban J connectivity index is 1.93. The van der Waals surface area contributed by atoms with E-state index in [1.54, 1.807) is 18.4 Å². The Morgan fingerprint density at radius 1 is 1.60 bits per heavy atom. The van der Waals surface area contributed by atoms with Crippen molar-refractivity contribution in [3.8, 4) is 0 Å². The van der Waals surface area contributed by atoms with Gasteiger partial charge in [-0.15, -0.1) is 10.2 Å². The highest BCUT2D eigenvalue weighted by molar-refractivity contribution is 7.16. The predicted octanol–water partition coefficient (Wildman–Crippen LogP) is 0.643. The number of nitrogens with zero attached hydrogens (tertiary/aromatic N) is 2. The summed E-state index contributed by atoms with van der Waals surface area (Å²) in [7, 11) is 0. The van der Waals surface area contributed by atoms with Gasteiger partial charge in [0.1, 0.15) is 5.76 Å². The van der Waals surface area contributed by atoms with Gasteiger partial charge in [0.15, 0.2) is 0 Å². The fourth-order valence-electron chi connectivity index (χ4n) is 0.982. The number of rotatable bonds is 3. The smallest absolute Gasteiger partial charge is 0.282 e. The summed E-state index contributed by atoms with van der Waals surface area (Å²) in [6.45, 7) is 0.325.